The molecule has 1 aliphatic heterocycles. The van der Waals surface area contributed by atoms with Crippen LogP contribution in [-0.4, -0.2) is 38.2 Å². The van der Waals surface area contributed by atoms with Gasteiger partial charge < -0.3 is 10.3 Å². The Morgan fingerprint density at radius 2 is 1.84 bits per heavy atom. The quantitative estimate of drug-likeness (QED) is 0.376. The van der Waals surface area contributed by atoms with Crippen LogP contribution in [0.5, 0.6) is 0 Å². The number of fused-ring (bicyclic) bond motifs is 2. The van der Waals surface area contributed by atoms with Crippen molar-refractivity contribution in [2.45, 2.75) is 25.7 Å². The first-order valence-electron chi connectivity index (χ1n) is 11.0. The molecule has 1 fully saturated rings. The minimum Gasteiger partial charge on any atom is -0.336 e. The lowest BCUT2D eigenvalue weighted by Gasteiger charge is -2.23. The van der Waals surface area contributed by atoms with Crippen LogP contribution in [0.25, 0.3) is 44.7 Å². The Bertz CT molecular complexity index is 1420. The summed E-state index contributed by atoms with van der Waals surface area (Å²) in [6.45, 7) is 3.98. The lowest BCUT2D eigenvalue weighted by molar-refractivity contribution is 0.460. The SMILES string of the molecule is Cc1cc(F)cc(-c2nccc3[nH]c(-c4n[nH]c5ccc(C6CCNCC6)cc45)nc23)c1. The number of nitrogens with one attached hydrogen (secondary N) is 3. The third-order valence-corrected chi connectivity index (χ3v) is 6.34. The van der Waals surface area contributed by atoms with Gasteiger partial charge in [0, 0.05) is 17.1 Å². The maximum absolute atomic E-state index is 14.0. The molecule has 2 aromatic carbocycles. The molecule has 3 N–H and O–H groups in total. The van der Waals surface area contributed by atoms with E-state index in [0.717, 1.165) is 53.6 Å². The second-order valence-electron chi connectivity index (χ2n) is 8.56. The largest absolute Gasteiger partial charge is 0.336 e. The molecule has 0 atom stereocenters. The first-order valence-corrected chi connectivity index (χ1v) is 11.0. The van der Waals surface area contributed by atoms with Gasteiger partial charge in [-0.15, -0.1) is 0 Å². The number of hydrogen-bond donors (Lipinski definition) is 3. The van der Waals surface area contributed by atoms with Gasteiger partial charge in [-0.3, -0.25) is 10.1 Å². The molecule has 32 heavy (non-hydrogen) atoms. The number of rotatable bonds is 3. The van der Waals surface area contributed by atoms with E-state index in [1.54, 1.807) is 6.20 Å². The fourth-order valence-corrected chi connectivity index (χ4v) is 4.75. The van der Waals surface area contributed by atoms with Gasteiger partial charge in [-0.1, -0.05) is 6.07 Å². The summed E-state index contributed by atoms with van der Waals surface area (Å²) in [5.41, 5.74) is 6.88. The molecule has 1 aliphatic rings. The predicted molar refractivity (Wildman–Crippen MR) is 124 cm³/mol. The van der Waals surface area contributed by atoms with Crippen molar-refractivity contribution in [1.82, 2.24) is 30.5 Å². The summed E-state index contributed by atoms with van der Waals surface area (Å²) < 4.78 is 14.0. The fraction of sp³-hybridized carbons (Fsp3) is 0.240. The zero-order chi connectivity index (χ0) is 21.7. The minimum absolute atomic E-state index is 0.279. The molecule has 1 saturated heterocycles. The van der Waals surface area contributed by atoms with Crippen molar-refractivity contribution >= 4 is 21.9 Å². The molecule has 0 saturated carbocycles. The fourth-order valence-electron chi connectivity index (χ4n) is 4.75. The van der Waals surface area contributed by atoms with Gasteiger partial charge in [0.15, 0.2) is 5.82 Å². The molecule has 0 bridgehead atoms. The number of aryl methyl sites for hydroxylation is 1. The lowest BCUT2D eigenvalue weighted by atomic mass is 9.89. The van der Waals surface area contributed by atoms with Crippen LogP contribution in [0.4, 0.5) is 4.39 Å². The van der Waals surface area contributed by atoms with Crippen molar-refractivity contribution < 1.29 is 4.39 Å². The van der Waals surface area contributed by atoms with E-state index in [-0.39, 0.29) is 5.82 Å². The molecular weight excluding hydrogens is 403 g/mol. The maximum Gasteiger partial charge on any atom is 0.159 e. The van der Waals surface area contributed by atoms with Gasteiger partial charge in [0.25, 0.3) is 0 Å². The van der Waals surface area contributed by atoms with Crippen LogP contribution in [0.1, 0.15) is 29.9 Å². The van der Waals surface area contributed by atoms with E-state index in [4.69, 9.17) is 4.98 Å². The van der Waals surface area contributed by atoms with Crippen LogP contribution in [0, 0.1) is 12.7 Å². The van der Waals surface area contributed by atoms with Crippen molar-refractivity contribution in [2.75, 3.05) is 13.1 Å². The monoisotopic (exact) mass is 426 g/mol. The molecule has 160 valence electrons. The van der Waals surface area contributed by atoms with E-state index in [1.807, 2.05) is 19.1 Å². The van der Waals surface area contributed by atoms with Crippen LogP contribution in [0.3, 0.4) is 0 Å². The van der Waals surface area contributed by atoms with E-state index in [2.05, 4.69) is 43.7 Å². The maximum atomic E-state index is 14.0. The number of aromatic nitrogens is 5. The number of H-pyrrole nitrogens is 2. The Kier molecular flexibility index (Phi) is 4.50. The Hall–Kier alpha value is -3.58. The van der Waals surface area contributed by atoms with Crippen LogP contribution in [0.2, 0.25) is 0 Å². The smallest absolute Gasteiger partial charge is 0.159 e. The third kappa shape index (κ3) is 3.26. The molecule has 5 aromatic rings. The van der Waals surface area contributed by atoms with Crippen LogP contribution < -0.4 is 5.32 Å². The van der Waals surface area contributed by atoms with Gasteiger partial charge in [-0.2, -0.15) is 5.10 Å². The molecule has 0 unspecified atom stereocenters. The Labute approximate surface area is 184 Å². The summed E-state index contributed by atoms with van der Waals surface area (Å²) in [5.74, 6) is 0.959. The molecule has 0 amide bonds. The summed E-state index contributed by atoms with van der Waals surface area (Å²) in [6.07, 6.45) is 4.01. The summed E-state index contributed by atoms with van der Waals surface area (Å²) in [4.78, 5) is 12.7. The van der Waals surface area contributed by atoms with E-state index in [9.17, 15) is 4.39 Å². The minimum atomic E-state index is -0.279. The molecule has 0 aliphatic carbocycles. The van der Waals surface area contributed by atoms with E-state index in [1.165, 1.54) is 17.7 Å². The first-order chi connectivity index (χ1) is 15.7. The van der Waals surface area contributed by atoms with Crippen LogP contribution in [-0.2, 0) is 0 Å². The molecule has 4 heterocycles. The number of aromatic amines is 2. The average molecular weight is 426 g/mol. The molecule has 3 aromatic heterocycles. The highest BCUT2D eigenvalue weighted by Gasteiger charge is 2.19. The number of piperidine rings is 1. The van der Waals surface area contributed by atoms with E-state index in [0.29, 0.717) is 28.5 Å². The molecule has 6 rings (SSSR count). The number of benzene rings is 2. The Morgan fingerprint density at radius 3 is 2.69 bits per heavy atom. The van der Waals surface area contributed by atoms with Crippen LogP contribution in [0.15, 0.2) is 48.7 Å². The number of pyridine rings is 1. The summed E-state index contributed by atoms with van der Waals surface area (Å²) in [6, 6.07) is 13.4. The van der Waals surface area contributed by atoms with Crippen LogP contribution >= 0.6 is 0 Å². The summed E-state index contributed by atoms with van der Waals surface area (Å²) in [7, 11) is 0. The predicted octanol–water partition coefficient (Wildman–Crippen LogP) is 5.08. The summed E-state index contributed by atoms with van der Waals surface area (Å²) >= 11 is 0. The third-order valence-electron chi connectivity index (χ3n) is 6.34. The first kappa shape index (κ1) is 19.1. The van der Waals surface area contributed by atoms with Crippen molar-refractivity contribution in [1.29, 1.82) is 0 Å². The molecule has 0 spiro atoms. The number of imidazole rings is 1. The number of nitrogens with zero attached hydrogens (tertiary/aromatic N) is 3. The van der Waals surface area contributed by atoms with E-state index >= 15 is 0 Å². The van der Waals surface area contributed by atoms with Gasteiger partial charge in [-0.25, -0.2) is 9.37 Å². The second kappa shape index (κ2) is 7.53. The highest BCUT2D eigenvalue weighted by atomic mass is 19.1. The zero-order valence-corrected chi connectivity index (χ0v) is 17.7. The van der Waals surface area contributed by atoms with Crippen molar-refractivity contribution in [3.05, 3.63) is 65.6 Å². The Balaban J connectivity index is 1.47. The molecular formula is C25H23FN6. The van der Waals surface area contributed by atoms with Gasteiger partial charge in [0.1, 0.15) is 17.0 Å². The lowest BCUT2D eigenvalue weighted by Crippen LogP contribution is -2.26. The Morgan fingerprint density at radius 1 is 0.969 bits per heavy atom. The van der Waals surface area contributed by atoms with Gasteiger partial charge in [0.2, 0.25) is 0 Å². The topological polar surface area (TPSA) is 82.3 Å². The normalized spacial score (nSPS) is 15.1. The average Bonchev–Trinajstić information content (AvgIpc) is 3.42. The standard InChI is InChI=1S/C25H23FN6/c1-14-10-17(12-18(26)11-14)22-24-21(6-9-28-22)29-25(30-24)23-19-13-16(2-3-20(19)31-32-23)15-4-7-27-8-5-15/h2-3,6,9-13,15,27H,4-5,7-8H2,1H3,(H,29,30)(H,31,32). The second-order valence-corrected chi connectivity index (χ2v) is 8.56. The molecule has 7 heteroatoms. The molecule has 6 nitrogen and oxygen atoms in total. The van der Waals surface area contributed by atoms with Crippen molar-refractivity contribution in [2.24, 2.45) is 0 Å². The molecule has 0 radical (unpaired) electrons. The van der Waals surface area contributed by atoms with E-state index < -0.39 is 0 Å². The zero-order valence-electron chi connectivity index (χ0n) is 17.7. The highest BCUT2D eigenvalue weighted by molar-refractivity contribution is 5.96. The van der Waals surface area contributed by atoms with Gasteiger partial charge >= 0.3 is 0 Å². The summed E-state index contributed by atoms with van der Waals surface area (Å²) in [5, 5.41) is 12.2. The van der Waals surface area contributed by atoms with Gasteiger partial charge in [0.05, 0.1) is 16.7 Å². The van der Waals surface area contributed by atoms with Crippen molar-refractivity contribution in [3.63, 3.8) is 0 Å². The highest BCUT2D eigenvalue weighted by Crippen LogP contribution is 2.33. The van der Waals surface area contributed by atoms with Crippen molar-refractivity contribution in [3.8, 4) is 22.8 Å². The van der Waals surface area contributed by atoms with Gasteiger partial charge in [-0.05, 0) is 86.3 Å². The number of halogens is 1. The number of hydrogen-bond acceptors (Lipinski definition) is 4.